The van der Waals surface area contributed by atoms with E-state index in [2.05, 4.69) is 10.3 Å². The highest BCUT2D eigenvalue weighted by molar-refractivity contribution is 7.99. The van der Waals surface area contributed by atoms with E-state index in [4.69, 9.17) is 4.98 Å². The smallest absolute Gasteiger partial charge is 0.259 e. The molecule has 0 saturated carbocycles. The Hall–Kier alpha value is -1.52. The lowest BCUT2D eigenvalue weighted by Crippen LogP contribution is -2.52. The fourth-order valence-corrected chi connectivity index (χ4v) is 7.36. The van der Waals surface area contributed by atoms with Crippen molar-refractivity contribution < 1.29 is 9.59 Å². The van der Waals surface area contributed by atoms with Crippen molar-refractivity contribution in [2.24, 2.45) is 0 Å². The van der Waals surface area contributed by atoms with Crippen molar-refractivity contribution in [3.05, 3.63) is 26.6 Å². The Labute approximate surface area is 200 Å². The number of fused-ring (bicyclic) bond motifs is 3. The van der Waals surface area contributed by atoms with Crippen LogP contribution in [0, 0.1) is 0 Å². The molecule has 0 aromatic carbocycles. The second-order valence-electron chi connectivity index (χ2n) is 9.32. The highest BCUT2D eigenvalue weighted by atomic mass is 32.2. The van der Waals surface area contributed by atoms with E-state index in [1.54, 1.807) is 39.8 Å². The summed E-state index contributed by atoms with van der Waals surface area (Å²) in [5.41, 5.74) is 0.841. The Morgan fingerprint density at radius 1 is 1.28 bits per heavy atom. The zero-order valence-electron chi connectivity index (χ0n) is 18.8. The van der Waals surface area contributed by atoms with Gasteiger partial charge in [0.25, 0.3) is 5.56 Å². The van der Waals surface area contributed by atoms with Gasteiger partial charge in [0, 0.05) is 28.3 Å². The lowest BCUT2D eigenvalue weighted by Gasteiger charge is -2.27. The summed E-state index contributed by atoms with van der Waals surface area (Å²) in [6.45, 7) is 5.82. The number of aryl methyl sites for hydroxylation is 2. The number of carbonyl (C=O) groups excluding carboxylic acids is 2. The molecule has 2 amide bonds. The van der Waals surface area contributed by atoms with Crippen LogP contribution in [0.3, 0.4) is 0 Å². The minimum atomic E-state index is -0.401. The van der Waals surface area contributed by atoms with Crippen LogP contribution in [0.25, 0.3) is 10.2 Å². The number of nitrogens with one attached hydrogen (secondary N) is 2. The number of hydrogen-bond donors (Lipinski definition) is 2. The molecule has 0 spiro atoms. The number of aromatic amines is 1. The van der Waals surface area contributed by atoms with E-state index < -0.39 is 6.04 Å². The minimum Gasteiger partial charge on any atom is -0.350 e. The first kappa shape index (κ1) is 23.6. The second kappa shape index (κ2) is 9.77. The summed E-state index contributed by atoms with van der Waals surface area (Å²) >= 11 is 4.85. The summed E-state index contributed by atoms with van der Waals surface area (Å²) in [5, 5.41) is 3.76. The molecule has 10 heteroatoms. The minimum absolute atomic E-state index is 0.000559. The number of amides is 2. The number of carbonyl (C=O) groups is 2. The van der Waals surface area contributed by atoms with Gasteiger partial charge in [-0.1, -0.05) is 0 Å². The Bertz CT molecular complexity index is 1070. The highest BCUT2D eigenvalue weighted by Gasteiger charge is 2.35. The van der Waals surface area contributed by atoms with Gasteiger partial charge < -0.3 is 15.2 Å². The molecular formula is C22H30N4O3S3. The van der Waals surface area contributed by atoms with Crippen LogP contribution in [0.2, 0.25) is 0 Å². The average molecular weight is 495 g/mol. The van der Waals surface area contributed by atoms with Crippen LogP contribution < -0.4 is 10.9 Å². The molecule has 2 aromatic rings. The van der Waals surface area contributed by atoms with Gasteiger partial charge in [-0.2, -0.15) is 11.8 Å². The van der Waals surface area contributed by atoms with Crippen molar-refractivity contribution in [2.75, 3.05) is 17.4 Å². The molecule has 2 aromatic heterocycles. The summed E-state index contributed by atoms with van der Waals surface area (Å²) in [4.78, 5) is 49.4. The monoisotopic (exact) mass is 494 g/mol. The van der Waals surface area contributed by atoms with E-state index in [0.29, 0.717) is 35.4 Å². The Balaban J connectivity index is 1.31. The van der Waals surface area contributed by atoms with Crippen molar-refractivity contribution in [2.45, 2.75) is 70.2 Å². The number of rotatable bonds is 6. The van der Waals surface area contributed by atoms with E-state index in [0.717, 1.165) is 29.5 Å². The first-order valence-corrected chi connectivity index (χ1v) is 14.2. The quantitative estimate of drug-likeness (QED) is 0.599. The van der Waals surface area contributed by atoms with Crippen molar-refractivity contribution >= 4 is 56.9 Å². The van der Waals surface area contributed by atoms with Gasteiger partial charge in [-0.05, 0) is 52.0 Å². The zero-order chi connectivity index (χ0) is 22.9. The molecule has 0 radical (unpaired) electrons. The summed E-state index contributed by atoms with van der Waals surface area (Å²) in [6, 6.07) is -0.401. The lowest BCUT2D eigenvalue weighted by molar-refractivity contribution is -0.138. The number of aromatic nitrogens is 2. The van der Waals surface area contributed by atoms with Crippen molar-refractivity contribution in [1.29, 1.82) is 0 Å². The average Bonchev–Trinajstić information content (AvgIpc) is 3.34. The van der Waals surface area contributed by atoms with Gasteiger partial charge in [0.15, 0.2) is 0 Å². The SMILES string of the molecule is CC(C)(C)NC(=O)C1CSCN1C(=O)CCSCc1nc2sc3c(c2c(=O)[nH]1)CCCC3. The summed E-state index contributed by atoms with van der Waals surface area (Å²) in [6.07, 6.45) is 4.70. The maximum absolute atomic E-state index is 12.7. The van der Waals surface area contributed by atoms with Crippen molar-refractivity contribution in [3.8, 4) is 0 Å². The van der Waals surface area contributed by atoms with Crippen LogP contribution in [0.15, 0.2) is 4.79 Å². The molecule has 1 atom stereocenters. The van der Waals surface area contributed by atoms with Gasteiger partial charge in [0.05, 0.1) is 17.0 Å². The molecule has 1 aliphatic carbocycles. The molecule has 0 bridgehead atoms. The topological polar surface area (TPSA) is 95.2 Å². The molecule has 1 fully saturated rings. The van der Waals surface area contributed by atoms with Crippen molar-refractivity contribution in [3.63, 3.8) is 0 Å². The molecule has 1 unspecified atom stereocenters. The Kier molecular flexibility index (Phi) is 7.21. The van der Waals surface area contributed by atoms with Gasteiger partial charge >= 0.3 is 0 Å². The van der Waals surface area contributed by atoms with Crippen LogP contribution in [0.5, 0.6) is 0 Å². The van der Waals surface area contributed by atoms with Gasteiger partial charge in [0.1, 0.15) is 16.7 Å². The van der Waals surface area contributed by atoms with E-state index in [1.165, 1.54) is 16.9 Å². The first-order chi connectivity index (χ1) is 15.2. The molecular weight excluding hydrogens is 464 g/mol. The fourth-order valence-electron chi connectivity index (χ4n) is 4.11. The van der Waals surface area contributed by atoms with Gasteiger partial charge in [-0.25, -0.2) is 4.98 Å². The molecule has 1 aliphatic heterocycles. The maximum atomic E-state index is 12.7. The molecule has 4 rings (SSSR count). The Morgan fingerprint density at radius 2 is 2.06 bits per heavy atom. The number of hydrogen-bond acceptors (Lipinski definition) is 7. The maximum Gasteiger partial charge on any atom is 0.259 e. The van der Waals surface area contributed by atoms with Crippen LogP contribution in [-0.4, -0.2) is 55.6 Å². The highest BCUT2D eigenvalue weighted by Crippen LogP contribution is 2.33. The van der Waals surface area contributed by atoms with Crippen LogP contribution in [-0.2, 0) is 28.2 Å². The van der Waals surface area contributed by atoms with Gasteiger partial charge in [-0.3, -0.25) is 14.4 Å². The zero-order valence-corrected chi connectivity index (χ0v) is 21.2. The van der Waals surface area contributed by atoms with Crippen LogP contribution in [0.1, 0.15) is 56.3 Å². The molecule has 7 nitrogen and oxygen atoms in total. The third-order valence-electron chi connectivity index (χ3n) is 5.58. The number of nitrogens with zero attached hydrogens (tertiary/aromatic N) is 2. The third-order valence-corrected chi connectivity index (χ3v) is 8.74. The molecule has 174 valence electrons. The normalized spacial score (nSPS) is 18.7. The standard InChI is InChI=1S/C22H30N4O3S3/c1-22(2,3)25-19(28)14-10-31-12-26(14)17(27)8-9-30-11-16-23-20(29)18-13-6-4-5-7-15(13)32-21(18)24-16/h14H,4-12H2,1-3H3,(H,25,28)(H,23,24,29). The largest absolute Gasteiger partial charge is 0.350 e. The lowest BCUT2D eigenvalue weighted by atomic mass is 9.97. The van der Waals surface area contributed by atoms with Crippen LogP contribution >= 0.6 is 34.9 Å². The molecule has 1 saturated heterocycles. The number of H-pyrrole nitrogens is 1. The Morgan fingerprint density at radius 3 is 2.84 bits per heavy atom. The fraction of sp³-hybridized carbons (Fsp3) is 0.636. The number of thiophene rings is 1. The van der Waals surface area contributed by atoms with E-state index >= 15 is 0 Å². The first-order valence-electron chi connectivity index (χ1n) is 11.0. The molecule has 3 heterocycles. The summed E-state index contributed by atoms with van der Waals surface area (Å²) < 4.78 is 0. The van der Waals surface area contributed by atoms with Crippen LogP contribution in [0.4, 0.5) is 0 Å². The van der Waals surface area contributed by atoms with Gasteiger partial charge in [0.2, 0.25) is 11.8 Å². The number of thioether (sulfide) groups is 2. The molecule has 2 N–H and O–H groups in total. The molecule has 2 aliphatic rings. The second-order valence-corrected chi connectivity index (χ2v) is 12.5. The van der Waals surface area contributed by atoms with E-state index in [1.807, 2.05) is 20.8 Å². The van der Waals surface area contributed by atoms with E-state index in [9.17, 15) is 14.4 Å². The summed E-state index contributed by atoms with van der Waals surface area (Å²) in [7, 11) is 0. The molecule has 32 heavy (non-hydrogen) atoms. The van der Waals surface area contributed by atoms with Crippen molar-refractivity contribution in [1.82, 2.24) is 20.2 Å². The van der Waals surface area contributed by atoms with E-state index in [-0.39, 0.29) is 22.9 Å². The predicted octanol–water partition coefficient (Wildman–Crippen LogP) is 3.30. The summed E-state index contributed by atoms with van der Waals surface area (Å²) in [5.74, 6) is 2.95. The predicted molar refractivity (Wildman–Crippen MR) is 134 cm³/mol. The van der Waals surface area contributed by atoms with Gasteiger partial charge in [-0.15, -0.1) is 23.1 Å². The third kappa shape index (κ3) is 5.34.